The molecule has 7 heteroatoms. The van der Waals surface area contributed by atoms with E-state index in [2.05, 4.69) is 10.3 Å². The van der Waals surface area contributed by atoms with Crippen molar-refractivity contribution < 1.29 is 4.79 Å². The van der Waals surface area contributed by atoms with Crippen LogP contribution in [0.1, 0.15) is 31.3 Å². The highest BCUT2D eigenvalue weighted by molar-refractivity contribution is 8.05. The highest BCUT2D eigenvalue weighted by atomic mass is 35.5. The van der Waals surface area contributed by atoms with Crippen LogP contribution in [0.3, 0.4) is 0 Å². The summed E-state index contributed by atoms with van der Waals surface area (Å²) in [6.45, 7) is 5.88. The SMILES string of the molecule is C/C=C\SC(NC(=O)c1[nH]c(-c2ccc(N(C)C)cc2)nc1-c1ccc(Cl)cc1)=C(C)C. The van der Waals surface area contributed by atoms with Gasteiger partial charge in [0.1, 0.15) is 17.2 Å². The van der Waals surface area contributed by atoms with E-state index in [1.54, 1.807) is 12.1 Å². The number of aromatic amines is 1. The second-order valence-electron chi connectivity index (χ2n) is 7.63. The first-order valence-electron chi connectivity index (χ1n) is 10.2. The number of H-pyrrole nitrogens is 1. The highest BCUT2D eigenvalue weighted by Gasteiger charge is 2.21. The maximum absolute atomic E-state index is 13.3. The predicted molar refractivity (Wildman–Crippen MR) is 137 cm³/mol. The first kappa shape index (κ1) is 23.7. The zero-order chi connectivity index (χ0) is 23.3. The van der Waals surface area contributed by atoms with Crippen LogP contribution in [0, 0.1) is 0 Å². The monoisotopic (exact) mass is 466 g/mol. The molecule has 0 aliphatic carbocycles. The molecule has 0 spiro atoms. The Kier molecular flexibility index (Phi) is 7.83. The maximum atomic E-state index is 13.3. The van der Waals surface area contributed by atoms with E-state index in [1.807, 2.05) is 87.6 Å². The molecular weight excluding hydrogens is 440 g/mol. The van der Waals surface area contributed by atoms with Crippen molar-refractivity contribution >= 4 is 35.0 Å². The van der Waals surface area contributed by atoms with Crippen LogP contribution in [0.2, 0.25) is 5.02 Å². The Morgan fingerprint density at radius 2 is 1.69 bits per heavy atom. The minimum atomic E-state index is -0.244. The van der Waals surface area contributed by atoms with Gasteiger partial charge in [-0.15, -0.1) is 0 Å². The lowest BCUT2D eigenvalue weighted by atomic mass is 10.1. The number of amides is 1. The molecule has 1 heterocycles. The largest absolute Gasteiger partial charge is 0.378 e. The Morgan fingerprint density at radius 3 is 2.25 bits per heavy atom. The van der Waals surface area contributed by atoms with E-state index in [4.69, 9.17) is 16.6 Å². The fraction of sp³-hybridized carbons (Fsp3) is 0.200. The first-order valence-corrected chi connectivity index (χ1v) is 11.5. The van der Waals surface area contributed by atoms with Crippen molar-refractivity contribution in [1.29, 1.82) is 0 Å². The van der Waals surface area contributed by atoms with Crippen LogP contribution in [-0.4, -0.2) is 30.0 Å². The number of allylic oxidation sites excluding steroid dienone is 2. The minimum Gasteiger partial charge on any atom is -0.378 e. The summed E-state index contributed by atoms with van der Waals surface area (Å²) in [4.78, 5) is 23.3. The Hall–Kier alpha value is -2.96. The number of nitrogens with one attached hydrogen (secondary N) is 2. The highest BCUT2D eigenvalue weighted by Crippen LogP contribution is 2.29. The van der Waals surface area contributed by atoms with Gasteiger partial charge in [-0.3, -0.25) is 4.79 Å². The number of thioether (sulfide) groups is 1. The number of carbonyl (C=O) groups is 1. The number of anilines is 1. The molecule has 1 aromatic heterocycles. The summed E-state index contributed by atoms with van der Waals surface area (Å²) in [6, 6.07) is 15.3. The molecule has 2 aromatic carbocycles. The van der Waals surface area contributed by atoms with Gasteiger partial charge in [0.25, 0.3) is 5.91 Å². The second kappa shape index (κ2) is 10.6. The molecule has 0 bridgehead atoms. The lowest BCUT2D eigenvalue weighted by Gasteiger charge is -2.12. The van der Waals surface area contributed by atoms with E-state index < -0.39 is 0 Å². The van der Waals surface area contributed by atoms with Gasteiger partial charge in [-0.05, 0) is 68.2 Å². The van der Waals surface area contributed by atoms with E-state index in [9.17, 15) is 4.79 Å². The van der Waals surface area contributed by atoms with Crippen LogP contribution >= 0.6 is 23.4 Å². The number of benzene rings is 2. The Bertz CT molecular complexity index is 1140. The van der Waals surface area contributed by atoms with Crippen LogP contribution in [0.4, 0.5) is 5.69 Å². The molecule has 32 heavy (non-hydrogen) atoms. The molecule has 0 unspecified atom stereocenters. The third-order valence-electron chi connectivity index (χ3n) is 4.71. The zero-order valence-corrected chi connectivity index (χ0v) is 20.4. The molecule has 0 radical (unpaired) electrons. The third kappa shape index (κ3) is 5.64. The van der Waals surface area contributed by atoms with Crippen LogP contribution in [0.15, 0.2) is 70.6 Å². The van der Waals surface area contributed by atoms with Gasteiger partial charge in [0.15, 0.2) is 0 Å². The zero-order valence-electron chi connectivity index (χ0n) is 18.9. The number of hydrogen-bond acceptors (Lipinski definition) is 4. The van der Waals surface area contributed by atoms with Gasteiger partial charge in [-0.1, -0.05) is 41.6 Å². The average Bonchev–Trinajstić information content (AvgIpc) is 3.22. The molecule has 3 rings (SSSR count). The fourth-order valence-corrected chi connectivity index (χ4v) is 3.77. The van der Waals surface area contributed by atoms with Gasteiger partial charge in [-0.25, -0.2) is 4.98 Å². The summed E-state index contributed by atoms with van der Waals surface area (Å²) in [5.41, 5.74) is 4.80. The Balaban J connectivity index is 2.04. The normalized spacial score (nSPS) is 10.9. The second-order valence-corrected chi connectivity index (χ2v) is 8.98. The van der Waals surface area contributed by atoms with Crippen LogP contribution in [0.5, 0.6) is 0 Å². The lowest BCUT2D eigenvalue weighted by molar-refractivity contribution is 0.0965. The number of rotatable bonds is 7. The number of nitrogens with zero attached hydrogens (tertiary/aromatic N) is 2. The Morgan fingerprint density at radius 1 is 1.06 bits per heavy atom. The van der Waals surface area contributed by atoms with Crippen molar-refractivity contribution in [2.24, 2.45) is 0 Å². The number of imidazole rings is 1. The molecule has 0 atom stereocenters. The topological polar surface area (TPSA) is 61.0 Å². The summed E-state index contributed by atoms with van der Waals surface area (Å²) in [6.07, 6.45) is 1.94. The summed E-state index contributed by atoms with van der Waals surface area (Å²) in [7, 11) is 3.99. The summed E-state index contributed by atoms with van der Waals surface area (Å²) in [5.74, 6) is 0.386. The van der Waals surface area contributed by atoms with Crippen molar-refractivity contribution in [3.05, 3.63) is 81.3 Å². The van der Waals surface area contributed by atoms with Gasteiger partial charge in [0, 0.05) is 35.9 Å². The molecular formula is C25H27ClN4OS. The van der Waals surface area contributed by atoms with E-state index in [1.165, 1.54) is 11.8 Å². The molecule has 0 fully saturated rings. The van der Waals surface area contributed by atoms with Gasteiger partial charge in [-0.2, -0.15) is 0 Å². The molecule has 1 amide bonds. The molecule has 166 valence electrons. The number of hydrogen-bond donors (Lipinski definition) is 2. The molecule has 2 N–H and O–H groups in total. The Labute approximate surface area is 198 Å². The third-order valence-corrected chi connectivity index (χ3v) is 6.12. The summed E-state index contributed by atoms with van der Waals surface area (Å²) < 4.78 is 0. The quantitative estimate of drug-likeness (QED) is 0.406. The van der Waals surface area contributed by atoms with Crippen molar-refractivity contribution in [2.45, 2.75) is 20.8 Å². The molecule has 0 aliphatic heterocycles. The van der Waals surface area contributed by atoms with Crippen molar-refractivity contribution in [2.75, 3.05) is 19.0 Å². The number of halogens is 1. The number of carbonyl (C=O) groups excluding carboxylic acids is 1. The maximum Gasteiger partial charge on any atom is 0.274 e. The van der Waals surface area contributed by atoms with Crippen LogP contribution < -0.4 is 10.2 Å². The summed E-state index contributed by atoms with van der Waals surface area (Å²) >= 11 is 7.54. The van der Waals surface area contributed by atoms with Crippen molar-refractivity contribution in [3.63, 3.8) is 0 Å². The molecule has 5 nitrogen and oxygen atoms in total. The molecule has 0 saturated heterocycles. The van der Waals surface area contributed by atoms with Crippen LogP contribution in [0.25, 0.3) is 22.6 Å². The number of aromatic nitrogens is 2. The van der Waals surface area contributed by atoms with Crippen LogP contribution in [-0.2, 0) is 0 Å². The van der Waals surface area contributed by atoms with E-state index in [0.717, 1.165) is 27.4 Å². The van der Waals surface area contributed by atoms with E-state index in [-0.39, 0.29) is 5.91 Å². The van der Waals surface area contributed by atoms with Gasteiger partial charge >= 0.3 is 0 Å². The van der Waals surface area contributed by atoms with Crippen molar-refractivity contribution in [1.82, 2.24) is 15.3 Å². The van der Waals surface area contributed by atoms with Gasteiger partial charge in [0.2, 0.25) is 0 Å². The average molecular weight is 467 g/mol. The molecule has 0 saturated carbocycles. The van der Waals surface area contributed by atoms with Gasteiger partial charge in [0.05, 0.1) is 5.03 Å². The van der Waals surface area contributed by atoms with Gasteiger partial charge < -0.3 is 15.2 Å². The lowest BCUT2D eigenvalue weighted by Crippen LogP contribution is -2.23. The van der Waals surface area contributed by atoms with E-state index in [0.29, 0.717) is 22.2 Å². The fourth-order valence-electron chi connectivity index (χ4n) is 2.98. The minimum absolute atomic E-state index is 0.244. The first-order chi connectivity index (χ1) is 15.3. The standard InChI is InChI=1S/C25H27ClN4OS/c1-6-15-32-25(16(2)3)29-24(31)22-21(17-7-11-19(26)12-8-17)27-23(28-22)18-9-13-20(14-10-18)30(4)5/h6-15H,1-5H3,(H,27,28)(H,29,31)/b15-6-. The smallest absolute Gasteiger partial charge is 0.274 e. The molecule has 3 aromatic rings. The van der Waals surface area contributed by atoms with E-state index >= 15 is 0 Å². The predicted octanol–water partition coefficient (Wildman–Crippen LogP) is 6.71. The molecule has 0 aliphatic rings. The van der Waals surface area contributed by atoms with Crippen molar-refractivity contribution in [3.8, 4) is 22.6 Å². The summed E-state index contributed by atoms with van der Waals surface area (Å²) in [5, 5.41) is 6.39.